The number of anilines is 1. The Hall–Kier alpha value is -2.95. The van der Waals surface area contributed by atoms with Crippen molar-refractivity contribution in [2.45, 2.75) is 18.8 Å². The third-order valence-electron chi connectivity index (χ3n) is 6.79. The van der Waals surface area contributed by atoms with Gasteiger partial charge in [-0.05, 0) is 60.4 Å². The summed E-state index contributed by atoms with van der Waals surface area (Å²) < 4.78 is 4.71. The summed E-state index contributed by atoms with van der Waals surface area (Å²) in [5.74, 6) is -0.176. The van der Waals surface area contributed by atoms with E-state index in [1.54, 1.807) is 24.3 Å². The largest absolute Gasteiger partial charge is 0.465 e. The first-order valence-electron chi connectivity index (χ1n) is 9.71. The fraction of sp³-hybridized carbons (Fsp3) is 0.348. The zero-order valence-electron chi connectivity index (χ0n) is 15.6. The van der Waals surface area contributed by atoms with Crippen LogP contribution in [0.2, 0.25) is 0 Å². The molecule has 5 rings (SSSR count). The molecule has 142 valence electrons. The maximum atomic E-state index is 13.3. The normalized spacial score (nSPS) is 30.6. The molecule has 2 amide bonds. The Kier molecular flexibility index (Phi) is 3.86. The second-order valence-electron chi connectivity index (χ2n) is 8.01. The van der Waals surface area contributed by atoms with Crippen LogP contribution in [0.15, 0.2) is 54.6 Å². The minimum Gasteiger partial charge on any atom is -0.465 e. The van der Waals surface area contributed by atoms with Crippen LogP contribution in [0.5, 0.6) is 0 Å². The van der Waals surface area contributed by atoms with Crippen molar-refractivity contribution in [3.63, 3.8) is 0 Å². The lowest BCUT2D eigenvalue weighted by atomic mass is 9.73. The summed E-state index contributed by atoms with van der Waals surface area (Å²) in [5.41, 5.74) is 2.21. The number of carbonyl (C=O) groups is 3. The zero-order chi connectivity index (χ0) is 19.4. The highest BCUT2D eigenvalue weighted by atomic mass is 16.5. The van der Waals surface area contributed by atoms with E-state index < -0.39 is 5.97 Å². The standard InChI is InChI=1S/C23H21NO4/c1-28-23(27)14-7-9-16(10-8-14)24-21(25)19-15-11-17(13-5-3-2-4-6-13)18(12-15)20(19)22(24)26/h2-10,15,17-20H,11-12H2,1H3/t15-,17-,18-,19+,20+/m1/s1. The molecule has 2 saturated carbocycles. The lowest BCUT2D eigenvalue weighted by Gasteiger charge is -2.28. The number of rotatable bonds is 3. The number of amides is 2. The van der Waals surface area contributed by atoms with E-state index in [1.807, 2.05) is 18.2 Å². The highest BCUT2D eigenvalue weighted by molar-refractivity contribution is 6.22. The Morgan fingerprint density at radius 3 is 2.29 bits per heavy atom. The molecular formula is C23H21NO4. The van der Waals surface area contributed by atoms with Crippen LogP contribution in [0, 0.1) is 23.7 Å². The van der Waals surface area contributed by atoms with Gasteiger partial charge in [-0.15, -0.1) is 0 Å². The molecule has 0 radical (unpaired) electrons. The number of methoxy groups -OCH3 is 1. The molecule has 5 atom stereocenters. The van der Waals surface area contributed by atoms with Crippen LogP contribution in [0.4, 0.5) is 5.69 Å². The maximum absolute atomic E-state index is 13.3. The highest BCUT2D eigenvalue weighted by Crippen LogP contribution is 2.61. The van der Waals surface area contributed by atoms with E-state index in [1.165, 1.54) is 17.6 Å². The van der Waals surface area contributed by atoms with Gasteiger partial charge in [-0.25, -0.2) is 4.79 Å². The summed E-state index contributed by atoms with van der Waals surface area (Å²) in [6.45, 7) is 0. The van der Waals surface area contributed by atoms with Crippen molar-refractivity contribution in [3.8, 4) is 0 Å². The van der Waals surface area contributed by atoms with Crippen molar-refractivity contribution in [1.29, 1.82) is 0 Å². The van der Waals surface area contributed by atoms with E-state index in [4.69, 9.17) is 4.74 Å². The van der Waals surface area contributed by atoms with Crippen LogP contribution in [0.25, 0.3) is 0 Å². The second-order valence-corrected chi connectivity index (χ2v) is 8.01. The van der Waals surface area contributed by atoms with Crippen LogP contribution in [0.3, 0.4) is 0 Å². The van der Waals surface area contributed by atoms with Crippen molar-refractivity contribution in [2.24, 2.45) is 23.7 Å². The smallest absolute Gasteiger partial charge is 0.337 e. The quantitative estimate of drug-likeness (QED) is 0.609. The van der Waals surface area contributed by atoms with E-state index in [2.05, 4.69) is 12.1 Å². The third-order valence-corrected chi connectivity index (χ3v) is 6.79. The second kappa shape index (κ2) is 6.30. The zero-order valence-corrected chi connectivity index (χ0v) is 15.6. The molecule has 3 fully saturated rings. The number of fused-ring (bicyclic) bond motifs is 5. The fourth-order valence-corrected chi connectivity index (χ4v) is 5.66. The predicted octanol–water partition coefficient (Wildman–Crippen LogP) is 3.40. The van der Waals surface area contributed by atoms with Crippen LogP contribution in [0.1, 0.15) is 34.7 Å². The number of ether oxygens (including phenoxy) is 1. The van der Waals surface area contributed by atoms with Gasteiger partial charge in [0.15, 0.2) is 0 Å². The van der Waals surface area contributed by atoms with Gasteiger partial charge in [0.25, 0.3) is 0 Å². The van der Waals surface area contributed by atoms with Gasteiger partial charge in [-0.1, -0.05) is 30.3 Å². The van der Waals surface area contributed by atoms with Crippen LogP contribution < -0.4 is 4.90 Å². The van der Waals surface area contributed by atoms with E-state index in [0.717, 1.165) is 12.8 Å². The number of carbonyl (C=O) groups excluding carboxylic acids is 3. The molecule has 5 heteroatoms. The van der Waals surface area contributed by atoms with Gasteiger partial charge in [0.05, 0.1) is 30.2 Å². The predicted molar refractivity (Wildman–Crippen MR) is 103 cm³/mol. The molecule has 0 N–H and O–H groups in total. The van der Waals surface area contributed by atoms with Crippen molar-refractivity contribution >= 4 is 23.5 Å². The molecule has 1 aliphatic heterocycles. The summed E-state index contributed by atoms with van der Waals surface area (Å²) in [7, 11) is 1.32. The lowest BCUT2D eigenvalue weighted by Crippen LogP contribution is -2.33. The van der Waals surface area contributed by atoms with Crippen LogP contribution >= 0.6 is 0 Å². The Morgan fingerprint density at radius 1 is 0.929 bits per heavy atom. The fourth-order valence-electron chi connectivity index (χ4n) is 5.66. The van der Waals surface area contributed by atoms with Crippen molar-refractivity contribution in [1.82, 2.24) is 0 Å². The van der Waals surface area contributed by atoms with Gasteiger partial charge in [0.1, 0.15) is 0 Å². The van der Waals surface area contributed by atoms with Crippen molar-refractivity contribution in [2.75, 3.05) is 12.0 Å². The molecule has 5 nitrogen and oxygen atoms in total. The number of esters is 1. The minimum absolute atomic E-state index is 0.0835. The van der Waals surface area contributed by atoms with Crippen molar-refractivity contribution < 1.29 is 19.1 Å². The molecule has 2 bridgehead atoms. The number of benzene rings is 2. The summed E-state index contributed by atoms with van der Waals surface area (Å²) in [6.07, 6.45) is 1.94. The van der Waals surface area contributed by atoms with Gasteiger partial charge in [-0.3, -0.25) is 14.5 Å². The third kappa shape index (κ3) is 2.35. The highest BCUT2D eigenvalue weighted by Gasteiger charge is 2.64. The number of imide groups is 1. The summed E-state index contributed by atoms with van der Waals surface area (Å²) >= 11 is 0. The Bertz CT molecular complexity index is 952. The SMILES string of the molecule is COC(=O)c1ccc(N2C(=O)[C@H]3[C@H]4C[C@@H]([C@@H]3C2=O)[C@@H](c2ccccc2)C4)cc1. The molecule has 28 heavy (non-hydrogen) atoms. The molecule has 1 saturated heterocycles. The molecule has 0 aromatic heterocycles. The summed E-state index contributed by atoms with van der Waals surface area (Å²) in [5, 5.41) is 0. The molecule has 0 unspecified atom stereocenters. The average Bonchev–Trinajstić information content (AvgIpc) is 3.40. The molecule has 1 heterocycles. The summed E-state index contributed by atoms with van der Waals surface area (Å²) in [4.78, 5) is 39.3. The minimum atomic E-state index is -0.439. The first kappa shape index (κ1) is 17.2. The molecule has 0 spiro atoms. The monoisotopic (exact) mass is 375 g/mol. The van der Waals surface area contributed by atoms with Gasteiger partial charge in [0.2, 0.25) is 11.8 Å². The number of hydrogen-bond acceptors (Lipinski definition) is 4. The van der Waals surface area contributed by atoms with E-state index >= 15 is 0 Å². The van der Waals surface area contributed by atoms with Gasteiger partial charge in [-0.2, -0.15) is 0 Å². The van der Waals surface area contributed by atoms with E-state index in [9.17, 15) is 14.4 Å². The molecule has 2 aliphatic carbocycles. The van der Waals surface area contributed by atoms with Gasteiger partial charge in [0, 0.05) is 0 Å². The molecular weight excluding hydrogens is 354 g/mol. The first-order valence-corrected chi connectivity index (χ1v) is 9.71. The molecule has 2 aromatic carbocycles. The number of nitrogens with zero attached hydrogens (tertiary/aromatic N) is 1. The van der Waals surface area contributed by atoms with Gasteiger partial charge >= 0.3 is 5.97 Å². The molecule has 2 aromatic rings. The molecule has 3 aliphatic rings. The van der Waals surface area contributed by atoms with Gasteiger partial charge < -0.3 is 4.74 Å². The Balaban J connectivity index is 1.44. The Labute approximate surface area is 163 Å². The lowest BCUT2D eigenvalue weighted by molar-refractivity contribution is -0.123. The van der Waals surface area contributed by atoms with Crippen molar-refractivity contribution in [3.05, 3.63) is 65.7 Å². The maximum Gasteiger partial charge on any atom is 0.337 e. The first-order chi connectivity index (χ1) is 13.6. The van der Waals surface area contributed by atoms with Crippen LogP contribution in [-0.4, -0.2) is 24.9 Å². The van der Waals surface area contributed by atoms with Crippen LogP contribution in [-0.2, 0) is 14.3 Å². The Morgan fingerprint density at radius 2 is 1.61 bits per heavy atom. The summed E-state index contributed by atoms with van der Waals surface area (Å²) in [6, 6.07) is 16.8. The number of hydrogen-bond donors (Lipinski definition) is 0. The topological polar surface area (TPSA) is 63.7 Å². The average molecular weight is 375 g/mol. The van der Waals surface area contributed by atoms with E-state index in [-0.39, 0.29) is 35.5 Å². The van der Waals surface area contributed by atoms with E-state index in [0.29, 0.717) is 17.2 Å².